The predicted molar refractivity (Wildman–Crippen MR) is 89.8 cm³/mol. The second-order valence-electron chi connectivity index (χ2n) is 5.78. The summed E-state index contributed by atoms with van der Waals surface area (Å²) in [6.07, 6.45) is 6.07. The molecule has 1 aliphatic rings. The maximum absolute atomic E-state index is 11.8. The number of amides is 1. The highest BCUT2D eigenvalue weighted by Gasteiger charge is 2.17. The molecule has 0 saturated heterocycles. The molecule has 1 saturated carbocycles. The fourth-order valence-electron chi connectivity index (χ4n) is 2.65. The SMILES string of the molecule is Cc1nc(NC(=O)COC(=O)CCC2CCCC2)c(Cl)cc1Cl. The van der Waals surface area contributed by atoms with Crippen molar-refractivity contribution in [1.29, 1.82) is 0 Å². The minimum absolute atomic E-state index is 0.209. The van der Waals surface area contributed by atoms with E-state index in [1.54, 1.807) is 6.92 Å². The highest BCUT2D eigenvalue weighted by molar-refractivity contribution is 6.36. The predicted octanol–water partition coefficient (Wildman–Crippen LogP) is 4.15. The number of nitrogens with zero attached hydrogens (tertiary/aromatic N) is 1. The van der Waals surface area contributed by atoms with E-state index < -0.39 is 5.91 Å². The molecule has 1 amide bonds. The first-order valence-corrected chi connectivity index (χ1v) is 8.49. The van der Waals surface area contributed by atoms with Gasteiger partial charge in [0.05, 0.1) is 15.7 Å². The molecule has 126 valence electrons. The number of hydrogen-bond acceptors (Lipinski definition) is 4. The van der Waals surface area contributed by atoms with Gasteiger partial charge in [-0.15, -0.1) is 0 Å². The third kappa shape index (κ3) is 5.66. The quantitative estimate of drug-likeness (QED) is 0.775. The van der Waals surface area contributed by atoms with Crippen molar-refractivity contribution in [2.75, 3.05) is 11.9 Å². The number of hydrogen-bond donors (Lipinski definition) is 1. The third-order valence-corrected chi connectivity index (χ3v) is 4.63. The van der Waals surface area contributed by atoms with E-state index in [1.807, 2.05) is 0 Å². The molecule has 1 aliphatic carbocycles. The third-order valence-electron chi connectivity index (χ3n) is 3.96. The molecule has 0 unspecified atom stereocenters. The monoisotopic (exact) mass is 358 g/mol. The Kier molecular flexibility index (Phi) is 6.66. The van der Waals surface area contributed by atoms with Crippen LogP contribution in [0, 0.1) is 12.8 Å². The Balaban J connectivity index is 1.74. The summed E-state index contributed by atoms with van der Waals surface area (Å²) in [5, 5.41) is 3.17. The van der Waals surface area contributed by atoms with Gasteiger partial charge in [-0.25, -0.2) is 4.98 Å². The second kappa shape index (κ2) is 8.50. The zero-order valence-electron chi connectivity index (χ0n) is 13.0. The molecule has 0 aliphatic heterocycles. The Morgan fingerprint density at radius 2 is 2.00 bits per heavy atom. The van der Waals surface area contributed by atoms with Gasteiger partial charge in [-0.3, -0.25) is 9.59 Å². The number of rotatable bonds is 6. The van der Waals surface area contributed by atoms with Crippen LogP contribution in [-0.2, 0) is 14.3 Å². The molecule has 5 nitrogen and oxygen atoms in total. The van der Waals surface area contributed by atoms with Crippen molar-refractivity contribution in [2.24, 2.45) is 5.92 Å². The van der Waals surface area contributed by atoms with Gasteiger partial charge in [0.2, 0.25) is 0 Å². The lowest BCUT2D eigenvalue weighted by Crippen LogP contribution is -2.22. The van der Waals surface area contributed by atoms with Gasteiger partial charge < -0.3 is 10.1 Å². The smallest absolute Gasteiger partial charge is 0.306 e. The van der Waals surface area contributed by atoms with E-state index in [9.17, 15) is 9.59 Å². The van der Waals surface area contributed by atoms with Gasteiger partial charge in [-0.2, -0.15) is 0 Å². The van der Waals surface area contributed by atoms with Gasteiger partial charge >= 0.3 is 5.97 Å². The maximum Gasteiger partial charge on any atom is 0.306 e. The van der Waals surface area contributed by atoms with Crippen LogP contribution in [0.15, 0.2) is 6.07 Å². The number of carbonyl (C=O) groups excluding carboxylic acids is 2. The molecule has 23 heavy (non-hydrogen) atoms. The zero-order chi connectivity index (χ0) is 16.8. The van der Waals surface area contributed by atoms with Crippen LogP contribution in [0.4, 0.5) is 5.82 Å². The number of anilines is 1. The van der Waals surface area contributed by atoms with Crippen LogP contribution in [0.2, 0.25) is 10.0 Å². The Morgan fingerprint density at radius 3 is 2.70 bits per heavy atom. The lowest BCUT2D eigenvalue weighted by Gasteiger charge is -2.10. The first-order chi connectivity index (χ1) is 11.0. The fraction of sp³-hybridized carbons (Fsp3) is 0.562. The van der Waals surface area contributed by atoms with Crippen LogP contribution >= 0.6 is 23.2 Å². The molecular weight excluding hydrogens is 339 g/mol. The van der Waals surface area contributed by atoms with Crippen LogP contribution < -0.4 is 5.32 Å². The molecule has 2 rings (SSSR count). The van der Waals surface area contributed by atoms with Crippen molar-refractivity contribution in [3.63, 3.8) is 0 Å². The normalized spacial score (nSPS) is 14.7. The lowest BCUT2D eigenvalue weighted by molar-refractivity contribution is -0.147. The van der Waals surface area contributed by atoms with Gasteiger partial charge in [0.1, 0.15) is 0 Å². The Bertz CT molecular complexity index is 587. The Labute approximate surface area is 145 Å². The van der Waals surface area contributed by atoms with E-state index in [2.05, 4.69) is 10.3 Å². The van der Waals surface area contributed by atoms with Crippen LogP contribution in [0.3, 0.4) is 0 Å². The molecule has 1 heterocycles. The molecule has 7 heteroatoms. The number of aryl methyl sites for hydroxylation is 1. The Morgan fingerprint density at radius 1 is 1.30 bits per heavy atom. The number of halogens is 2. The fourth-order valence-corrected chi connectivity index (χ4v) is 3.06. The average molecular weight is 359 g/mol. The molecule has 0 atom stereocenters. The van der Waals surface area contributed by atoms with Gasteiger partial charge in [0.25, 0.3) is 5.91 Å². The highest BCUT2D eigenvalue weighted by Crippen LogP contribution is 2.28. The van der Waals surface area contributed by atoms with E-state index >= 15 is 0 Å². The standard InChI is InChI=1S/C16H20Cl2N2O3/c1-10-12(17)8-13(18)16(19-10)20-14(21)9-23-15(22)7-6-11-4-2-3-5-11/h8,11H,2-7,9H2,1H3,(H,19,20,21). The van der Waals surface area contributed by atoms with Crippen molar-refractivity contribution < 1.29 is 14.3 Å². The number of pyridine rings is 1. The van der Waals surface area contributed by atoms with Gasteiger partial charge in [-0.1, -0.05) is 48.9 Å². The Hall–Kier alpha value is -1.33. The zero-order valence-corrected chi connectivity index (χ0v) is 14.5. The van der Waals surface area contributed by atoms with Crippen molar-refractivity contribution in [3.05, 3.63) is 21.8 Å². The summed E-state index contributed by atoms with van der Waals surface area (Å²) < 4.78 is 4.98. The number of esters is 1. The molecular formula is C16H20Cl2N2O3. The second-order valence-corrected chi connectivity index (χ2v) is 6.60. The van der Waals surface area contributed by atoms with E-state index in [0.717, 1.165) is 6.42 Å². The molecule has 1 aromatic heterocycles. The lowest BCUT2D eigenvalue weighted by atomic mass is 10.0. The molecule has 0 bridgehead atoms. The van der Waals surface area contributed by atoms with E-state index in [1.165, 1.54) is 31.7 Å². The first-order valence-electron chi connectivity index (χ1n) is 7.74. The van der Waals surface area contributed by atoms with Crippen LogP contribution in [-0.4, -0.2) is 23.5 Å². The van der Waals surface area contributed by atoms with Gasteiger partial charge in [-0.05, 0) is 25.3 Å². The van der Waals surface area contributed by atoms with E-state index in [-0.39, 0.29) is 23.4 Å². The van der Waals surface area contributed by atoms with Crippen molar-refractivity contribution >= 4 is 40.9 Å². The van der Waals surface area contributed by atoms with Crippen molar-refractivity contribution in [1.82, 2.24) is 4.98 Å². The van der Waals surface area contributed by atoms with Crippen LogP contribution in [0.1, 0.15) is 44.2 Å². The minimum Gasteiger partial charge on any atom is -0.456 e. The first kappa shape index (κ1) is 18.0. The molecule has 1 N–H and O–H groups in total. The summed E-state index contributed by atoms with van der Waals surface area (Å²) >= 11 is 11.8. The summed E-state index contributed by atoms with van der Waals surface area (Å²) in [6, 6.07) is 1.51. The summed E-state index contributed by atoms with van der Waals surface area (Å²) in [6.45, 7) is 1.36. The number of nitrogens with one attached hydrogen (secondary N) is 1. The van der Waals surface area contributed by atoms with Crippen LogP contribution in [0.25, 0.3) is 0 Å². The molecule has 0 spiro atoms. The number of carbonyl (C=O) groups is 2. The molecule has 0 radical (unpaired) electrons. The highest BCUT2D eigenvalue weighted by atomic mass is 35.5. The summed E-state index contributed by atoms with van der Waals surface area (Å²) in [5.41, 5.74) is 0.555. The number of ether oxygens (including phenoxy) is 1. The minimum atomic E-state index is -0.477. The molecule has 1 fully saturated rings. The van der Waals surface area contributed by atoms with E-state index in [4.69, 9.17) is 27.9 Å². The van der Waals surface area contributed by atoms with Gasteiger partial charge in [0.15, 0.2) is 12.4 Å². The van der Waals surface area contributed by atoms with Crippen molar-refractivity contribution in [2.45, 2.75) is 45.4 Å². The maximum atomic E-state index is 11.8. The van der Waals surface area contributed by atoms with Gasteiger partial charge in [0, 0.05) is 6.42 Å². The van der Waals surface area contributed by atoms with E-state index in [0.29, 0.717) is 23.1 Å². The summed E-state index contributed by atoms with van der Waals surface area (Å²) in [5.74, 6) is 0.00530. The molecule has 0 aromatic carbocycles. The summed E-state index contributed by atoms with van der Waals surface area (Å²) in [7, 11) is 0. The molecule has 1 aromatic rings. The summed E-state index contributed by atoms with van der Waals surface area (Å²) in [4.78, 5) is 27.6. The largest absolute Gasteiger partial charge is 0.456 e. The number of aromatic nitrogens is 1. The topological polar surface area (TPSA) is 68.3 Å². The van der Waals surface area contributed by atoms with Crippen LogP contribution in [0.5, 0.6) is 0 Å². The average Bonchev–Trinajstić information content (AvgIpc) is 3.02. The van der Waals surface area contributed by atoms with Crippen molar-refractivity contribution in [3.8, 4) is 0 Å².